The predicted octanol–water partition coefficient (Wildman–Crippen LogP) is 4.24. The Morgan fingerprint density at radius 3 is 2.53 bits per heavy atom. The van der Waals surface area contributed by atoms with E-state index in [1.54, 1.807) is 12.2 Å². The van der Waals surface area contributed by atoms with E-state index in [4.69, 9.17) is 0 Å². The van der Waals surface area contributed by atoms with Gasteiger partial charge in [-0.3, -0.25) is 0 Å². The molecule has 0 radical (unpaired) electrons. The van der Waals surface area contributed by atoms with Gasteiger partial charge in [0.15, 0.2) is 0 Å². The summed E-state index contributed by atoms with van der Waals surface area (Å²) in [6, 6.07) is 0. The molecular formula is C17H24FN. The molecule has 1 heterocycles. The number of rotatable bonds is 3. The van der Waals surface area contributed by atoms with Crippen molar-refractivity contribution in [1.82, 2.24) is 4.90 Å². The lowest BCUT2D eigenvalue weighted by atomic mass is 9.82. The normalized spacial score (nSPS) is 31.6. The van der Waals surface area contributed by atoms with Crippen molar-refractivity contribution in [3.63, 3.8) is 0 Å². The van der Waals surface area contributed by atoms with Crippen LogP contribution in [-0.4, -0.2) is 24.5 Å². The first-order chi connectivity index (χ1) is 9.31. The summed E-state index contributed by atoms with van der Waals surface area (Å²) in [7, 11) is 0. The van der Waals surface area contributed by atoms with E-state index in [1.165, 1.54) is 44.3 Å². The summed E-state index contributed by atoms with van der Waals surface area (Å²) in [4.78, 5) is 2.63. The van der Waals surface area contributed by atoms with Gasteiger partial charge in [-0.1, -0.05) is 30.6 Å². The first-order valence-electron chi connectivity index (χ1n) is 7.76. The van der Waals surface area contributed by atoms with E-state index in [0.717, 1.165) is 31.2 Å². The lowest BCUT2D eigenvalue weighted by Crippen LogP contribution is -2.22. The third-order valence-electron chi connectivity index (χ3n) is 4.92. The third-order valence-corrected chi connectivity index (χ3v) is 4.92. The molecular weight excluding hydrogens is 237 g/mol. The minimum atomic E-state index is -0.0987. The monoisotopic (exact) mass is 261 g/mol. The summed E-state index contributed by atoms with van der Waals surface area (Å²) in [6.45, 7) is 3.74. The Labute approximate surface area is 115 Å². The fourth-order valence-electron chi connectivity index (χ4n) is 3.80. The Bertz CT molecular complexity index is 393. The number of likely N-dealkylation sites (tertiary alicyclic amines) is 1. The molecule has 3 rings (SSSR count). The van der Waals surface area contributed by atoms with Crippen molar-refractivity contribution in [1.29, 1.82) is 0 Å². The van der Waals surface area contributed by atoms with E-state index < -0.39 is 0 Å². The smallest absolute Gasteiger partial charge is 0.119 e. The Morgan fingerprint density at radius 1 is 1.05 bits per heavy atom. The van der Waals surface area contributed by atoms with Crippen LogP contribution in [0.1, 0.15) is 38.5 Å². The van der Waals surface area contributed by atoms with E-state index in [2.05, 4.69) is 11.0 Å². The second kappa shape index (κ2) is 6.04. The second-order valence-corrected chi connectivity index (χ2v) is 6.25. The summed E-state index contributed by atoms with van der Waals surface area (Å²) in [5.74, 6) is 1.83. The van der Waals surface area contributed by atoms with Gasteiger partial charge in [0.2, 0.25) is 0 Å². The van der Waals surface area contributed by atoms with Crippen LogP contribution in [0.4, 0.5) is 4.39 Å². The quantitative estimate of drug-likeness (QED) is 0.734. The molecule has 104 valence electrons. The zero-order chi connectivity index (χ0) is 13.1. The minimum Gasteiger partial charge on any atom is -0.302 e. The van der Waals surface area contributed by atoms with Gasteiger partial charge >= 0.3 is 0 Å². The Kier molecular flexibility index (Phi) is 4.17. The molecule has 1 aliphatic heterocycles. The SMILES string of the molecule is FC1=CCC=C(CCN2C[C@H]3CCCC[C@H]3C2)C=C1. The molecule has 3 aliphatic rings. The molecule has 0 bridgehead atoms. The maximum atomic E-state index is 13.1. The summed E-state index contributed by atoms with van der Waals surface area (Å²) < 4.78 is 13.1. The highest BCUT2D eigenvalue weighted by molar-refractivity contribution is 5.29. The van der Waals surface area contributed by atoms with E-state index in [9.17, 15) is 4.39 Å². The Balaban J connectivity index is 1.48. The fourth-order valence-corrected chi connectivity index (χ4v) is 3.80. The van der Waals surface area contributed by atoms with Gasteiger partial charge in [-0.15, -0.1) is 0 Å². The zero-order valence-corrected chi connectivity index (χ0v) is 11.7. The van der Waals surface area contributed by atoms with Crippen molar-refractivity contribution in [2.24, 2.45) is 11.8 Å². The molecule has 0 aromatic heterocycles. The standard InChI is InChI=1S/C17H24FN/c18-17-7-3-4-14(8-9-17)10-11-19-12-15-5-1-2-6-16(15)13-19/h4,7-9,15-16H,1-3,5-6,10-13H2/t15-,16+. The van der Waals surface area contributed by atoms with Crippen molar-refractivity contribution >= 4 is 0 Å². The fraction of sp³-hybridized carbons (Fsp3) is 0.647. The van der Waals surface area contributed by atoms with Crippen LogP contribution in [0.2, 0.25) is 0 Å². The molecule has 1 saturated carbocycles. The molecule has 0 amide bonds. The molecule has 2 heteroatoms. The number of allylic oxidation sites excluding steroid dienone is 5. The van der Waals surface area contributed by atoms with E-state index in [-0.39, 0.29) is 5.83 Å². The molecule has 0 spiro atoms. The van der Waals surface area contributed by atoms with Gasteiger partial charge in [0, 0.05) is 19.6 Å². The van der Waals surface area contributed by atoms with Crippen molar-refractivity contribution in [2.45, 2.75) is 38.5 Å². The number of hydrogen-bond donors (Lipinski definition) is 0. The highest BCUT2D eigenvalue weighted by Gasteiger charge is 2.33. The predicted molar refractivity (Wildman–Crippen MR) is 77.5 cm³/mol. The summed E-state index contributed by atoms with van der Waals surface area (Å²) >= 11 is 0. The molecule has 0 unspecified atom stereocenters. The molecule has 0 aromatic rings. The van der Waals surface area contributed by atoms with E-state index >= 15 is 0 Å². The van der Waals surface area contributed by atoms with Crippen LogP contribution in [0.25, 0.3) is 0 Å². The molecule has 0 aromatic carbocycles. The van der Waals surface area contributed by atoms with Crippen LogP contribution >= 0.6 is 0 Å². The molecule has 1 nitrogen and oxygen atoms in total. The molecule has 2 atom stereocenters. The van der Waals surface area contributed by atoms with Crippen LogP contribution in [-0.2, 0) is 0 Å². The Hall–Kier alpha value is -0.890. The number of nitrogens with zero attached hydrogens (tertiary/aromatic N) is 1. The molecule has 2 fully saturated rings. The number of hydrogen-bond acceptors (Lipinski definition) is 1. The van der Waals surface area contributed by atoms with Crippen molar-refractivity contribution in [2.75, 3.05) is 19.6 Å². The average Bonchev–Trinajstić information content (AvgIpc) is 2.72. The van der Waals surface area contributed by atoms with Gasteiger partial charge in [-0.05, 0) is 49.7 Å². The highest BCUT2D eigenvalue weighted by Crippen LogP contribution is 2.36. The third kappa shape index (κ3) is 3.36. The summed E-state index contributed by atoms with van der Waals surface area (Å²) in [6.07, 6.45) is 14.9. The van der Waals surface area contributed by atoms with Crippen molar-refractivity contribution < 1.29 is 4.39 Å². The second-order valence-electron chi connectivity index (χ2n) is 6.25. The van der Waals surface area contributed by atoms with Crippen LogP contribution < -0.4 is 0 Å². The van der Waals surface area contributed by atoms with Crippen LogP contribution in [0.15, 0.2) is 35.7 Å². The lowest BCUT2D eigenvalue weighted by molar-refractivity contribution is 0.299. The van der Waals surface area contributed by atoms with Gasteiger partial charge < -0.3 is 4.90 Å². The van der Waals surface area contributed by atoms with Gasteiger partial charge in [0.05, 0.1) is 0 Å². The van der Waals surface area contributed by atoms with Crippen molar-refractivity contribution in [3.8, 4) is 0 Å². The average molecular weight is 261 g/mol. The maximum absolute atomic E-state index is 13.1. The molecule has 19 heavy (non-hydrogen) atoms. The molecule has 1 saturated heterocycles. The van der Waals surface area contributed by atoms with Crippen LogP contribution in [0, 0.1) is 11.8 Å². The van der Waals surface area contributed by atoms with E-state index in [1.807, 2.05) is 6.08 Å². The van der Waals surface area contributed by atoms with Gasteiger partial charge in [-0.25, -0.2) is 4.39 Å². The number of halogens is 1. The van der Waals surface area contributed by atoms with Crippen LogP contribution in [0.5, 0.6) is 0 Å². The minimum absolute atomic E-state index is 0.0987. The summed E-state index contributed by atoms with van der Waals surface area (Å²) in [5, 5.41) is 0. The first kappa shape index (κ1) is 13.1. The highest BCUT2D eigenvalue weighted by atomic mass is 19.1. The summed E-state index contributed by atoms with van der Waals surface area (Å²) in [5.41, 5.74) is 1.29. The molecule has 0 N–H and O–H groups in total. The maximum Gasteiger partial charge on any atom is 0.119 e. The first-order valence-corrected chi connectivity index (χ1v) is 7.76. The van der Waals surface area contributed by atoms with Crippen molar-refractivity contribution in [3.05, 3.63) is 35.7 Å². The topological polar surface area (TPSA) is 3.24 Å². The Morgan fingerprint density at radius 2 is 1.79 bits per heavy atom. The zero-order valence-electron chi connectivity index (χ0n) is 11.7. The van der Waals surface area contributed by atoms with Gasteiger partial charge in [-0.2, -0.15) is 0 Å². The number of fused-ring (bicyclic) bond motifs is 1. The van der Waals surface area contributed by atoms with Gasteiger partial charge in [0.1, 0.15) is 5.83 Å². The van der Waals surface area contributed by atoms with Crippen LogP contribution in [0.3, 0.4) is 0 Å². The lowest BCUT2D eigenvalue weighted by Gasteiger charge is -2.23. The largest absolute Gasteiger partial charge is 0.302 e. The molecule has 2 aliphatic carbocycles. The van der Waals surface area contributed by atoms with E-state index in [0.29, 0.717) is 0 Å². The van der Waals surface area contributed by atoms with Gasteiger partial charge in [0.25, 0.3) is 0 Å².